The molecule has 0 aliphatic carbocycles. The second-order valence-corrected chi connectivity index (χ2v) is 6.30. The normalized spacial score (nSPS) is 10.7. The summed E-state index contributed by atoms with van der Waals surface area (Å²) in [7, 11) is 1.56. The maximum absolute atomic E-state index is 13.0. The predicted octanol–water partition coefficient (Wildman–Crippen LogP) is 3.10. The van der Waals surface area contributed by atoms with E-state index in [-0.39, 0.29) is 23.2 Å². The predicted molar refractivity (Wildman–Crippen MR) is 103 cm³/mol. The average molecular weight is 372 g/mol. The van der Waals surface area contributed by atoms with E-state index in [1.807, 2.05) is 26.0 Å². The average Bonchev–Trinajstić information content (AvgIpc) is 2.66. The number of amides is 1. The maximum atomic E-state index is 13.0. The number of anilines is 1. The van der Waals surface area contributed by atoms with Crippen LogP contribution in [0.4, 0.5) is 11.4 Å². The van der Waals surface area contributed by atoms with Gasteiger partial charge in [0.05, 0.1) is 11.5 Å². The van der Waals surface area contributed by atoms with Crippen LogP contribution in [0.1, 0.15) is 29.8 Å². The molecule has 0 radical (unpaired) electrons. The van der Waals surface area contributed by atoms with Crippen molar-refractivity contribution in [3.8, 4) is 0 Å². The van der Waals surface area contributed by atoms with Crippen molar-refractivity contribution in [2.75, 3.05) is 25.6 Å². The standard InChI is InChI=1S/C19H24N4O4/c1-14(2)22(13-15-5-4-8-20-12-15)19(24)16-6-7-17(21-9-10-27-3)18(11-16)23(25)26/h4-8,11-12,14,21H,9-10,13H2,1-3H3. The molecule has 0 unspecified atom stereocenters. The number of hydrogen-bond donors (Lipinski definition) is 1. The van der Waals surface area contributed by atoms with Crippen LogP contribution >= 0.6 is 0 Å². The van der Waals surface area contributed by atoms with Crippen LogP contribution < -0.4 is 5.32 Å². The van der Waals surface area contributed by atoms with Crippen LogP contribution in [0.5, 0.6) is 0 Å². The van der Waals surface area contributed by atoms with Crippen LogP contribution in [-0.2, 0) is 11.3 Å². The highest BCUT2D eigenvalue weighted by Gasteiger charge is 2.23. The zero-order valence-electron chi connectivity index (χ0n) is 15.7. The molecule has 144 valence electrons. The molecule has 2 rings (SSSR count). The first-order valence-electron chi connectivity index (χ1n) is 8.65. The number of benzene rings is 1. The highest BCUT2D eigenvalue weighted by molar-refractivity contribution is 5.96. The molecular weight excluding hydrogens is 348 g/mol. The first-order valence-corrected chi connectivity index (χ1v) is 8.65. The number of carbonyl (C=O) groups excluding carboxylic acids is 1. The summed E-state index contributed by atoms with van der Waals surface area (Å²) in [5, 5.41) is 14.4. The van der Waals surface area contributed by atoms with E-state index >= 15 is 0 Å². The van der Waals surface area contributed by atoms with Gasteiger partial charge in [-0.3, -0.25) is 19.9 Å². The van der Waals surface area contributed by atoms with Crippen LogP contribution in [-0.4, -0.2) is 47.0 Å². The van der Waals surface area contributed by atoms with E-state index in [2.05, 4.69) is 10.3 Å². The molecule has 27 heavy (non-hydrogen) atoms. The van der Waals surface area contributed by atoms with E-state index in [1.54, 1.807) is 36.5 Å². The van der Waals surface area contributed by atoms with Crippen molar-refractivity contribution in [2.24, 2.45) is 0 Å². The number of nitrogens with one attached hydrogen (secondary N) is 1. The minimum atomic E-state index is -0.493. The minimum Gasteiger partial charge on any atom is -0.383 e. The molecule has 1 N–H and O–H groups in total. The number of carbonyl (C=O) groups is 1. The third-order valence-electron chi connectivity index (χ3n) is 4.02. The zero-order chi connectivity index (χ0) is 19.8. The molecule has 8 nitrogen and oxygen atoms in total. The van der Waals surface area contributed by atoms with E-state index in [4.69, 9.17) is 4.74 Å². The van der Waals surface area contributed by atoms with Gasteiger partial charge in [0.1, 0.15) is 5.69 Å². The lowest BCUT2D eigenvalue weighted by molar-refractivity contribution is -0.384. The third kappa shape index (κ3) is 5.49. The van der Waals surface area contributed by atoms with Gasteiger partial charge in [-0.1, -0.05) is 6.07 Å². The lowest BCUT2D eigenvalue weighted by Crippen LogP contribution is -2.36. The van der Waals surface area contributed by atoms with Crippen molar-refractivity contribution in [1.29, 1.82) is 0 Å². The number of pyridine rings is 1. The van der Waals surface area contributed by atoms with Crippen molar-refractivity contribution < 1.29 is 14.5 Å². The van der Waals surface area contributed by atoms with Gasteiger partial charge in [0.2, 0.25) is 0 Å². The summed E-state index contributed by atoms with van der Waals surface area (Å²) in [5.74, 6) is -0.264. The lowest BCUT2D eigenvalue weighted by Gasteiger charge is -2.27. The Hall–Kier alpha value is -3.00. The number of rotatable bonds is 9. The second-order valence-electron chi connectivity index (χ2n) is 6.30. The van der Waals surface area contributed by atoms with Gasteiger partial charge in [0, 0.05) is 50.3 Å². The smallest absolute Gasteiger partial charge is 0.293 e. The highest BCUT2D eigenvalue weighted by Crippen LogP contribution is 2.26. The topological polar surface area (TPSA) is 97.6 Å². The molecule has 0 saturated carbocycles. The van der Waals surface area contributed by atoms with Gasteiger partial charge in [-0.2, -0.15) is 0 Å². The molecule has 0 aliphatic heterocycles. The molecular formula is C19H24N4O4. The summed E-state index contributed by atoms with van der Waals surface area (Å²) in [6.45, 7) is 5.05. The minimum absolute atomic E-state index is 0.0729. The van der Waals surface area contributed by atoms with Gasteiger partial charge in [0.25, 0.3) is 11.6 Å². The summed E-state index contributed by atoms with van der Waals surface area (Å²) in [6.07, 6.45) is 3.37. The number of aromatic nitrogens is 1. The lowest BCUT2D eigenvalue weighted by atomic mass is 10.1. The van der Waals surface area contributed by atoms with Gasteiger partial charge in [-0.25, -0.2) is 0 Å². The Labute approximate surface area is 158 Å². The van der Waals surface area contributed by atoms with Gasteiger partial charge in [-0.15, -0.1) is 0 Å². The van der Waals surface area contributed by atoms with Crippen LogP contribution in [0.25, 0.3) is 0 Å². The SMILES string of the molecule is COCCNc1ccc(C(=O)N(Cc2cccnc2)C(C)C)cc1[N+](=O)[O-]. The summed E-state index contributed by atoms with van der Waals surface area (Å²) in [4.78, 5) is 29.6. The molecule has 0 bridgehead atoms. The van der Waals surface area contributed by atoms with Crippen LogP contribution in [0.2, 0.25) is 0 Å². The fraction of sp³-hybridized carbons (Fsp3) is 0.368. The van der Waals surface area contributed by atoms with Gasteiger partial charge < -0.3 is 15.0 Å². The van der Waals surface area contributed by atoms with E-state index < -0.39 is 4.92 Å². The Morgan fingerprint density at radius 1 is 1.37 bits per heavy atom. The zero-order valence-corrected chi connectivity index (χ0v) is 15.7. The van der Waals surface area contributed by atoms with Crippen molar-refractivity contribution in [1.82, 2.24) is 9.88 Å². The number of nitro benzene ring substituents is 1. The van der Waals surface area contributed by atoms with Gasteiger partial charge in [0.15, 0.2) is 0 Å². The molecule has 0 saturated heterocycles. The molecule has 0 atom stereocenters. The molecule has 1 heterocycles. The van der Waals surface area contributed by atoms with Crippen LogP contribution in [0.3, 0.4) is 0 Å². The van der Waals surface area contributed by atoms with Crippen molar-refractivity contribution in [3.63, 3.8) is 0 Å². The Morgan fingerprint density at radius 2 is 2.15 bits per heavy atom. The van der Waals surface area contributed by atoms with E-state index in [9.17, 15) is 14.9 Å². The summed E-state index contributed by atoms with van der Waals surface area (Å²) < 4.78 is 4.94. The molecule has 1 aromatic carbocycles. The number of ether oxygens (including phenoxy) is 1. The largest absolute Gasteiger partial charge is 0.383 e. The second kappa shape index (κ2) is 9.63. The molecule has 2 aromatic rings. The third-order valence-corrected chi connectivity index (χ3v) is 4.02. The van der Waals surface area contributed by atoms with E-state index in [1.165, 1.54) is 6.07 Å². The summed E-state index contributed by atoms with van der Waals surface area (Å²) in [5.41, 5.74) is 1.39. The number of hydrogen-bond acceptors (Lipinski definition) is 6. The molecule has 1 aromatic heterocycles. The van der Waals surface area contributed by atoms with Crippen LogP contribution in [0.15, 0.2) is 42.7 Å². The number of nitro groups is 1. The fourth-order valence-corrected chi connectivity index (χ4v) is 2.60. The maximum Gasteiger partial charge on any atom is 0.293 e. The monoisotopic (exact) mass is 372 g/mol. The molecule has 0 fully saturated rings. The van der Waals surface area contributed by atoms with Gasteiger partial charge in [-0.05, 0) is 37.6 Å². The summed E-state index contributed by atoms with van der Waals surface area (Å²) >= 11 is 0. The molecule has 8 heteroatoms. The molecule has 1 amide bonds. The number of methoxy groups -OCH3 is 1. The number of nitrogens with zero attached hydrogens (tertiary/aromatic N) is 3. The van der Waals surface area contributed by atoms with Crippen molar-refractivity contribution in [3.05, 3.63) is 64.0 Å². The first-order chi connectivity index (χ1) is 12.9. The highest BCUT2D eigenvalue weighted by atomic mass is 16.6. The quantitative estimate of drug-likeness (QED) is 0.413. The Kier molecular flexibility index (Phi) is 7.25. The van der Waals surface area contributed by atoms with Gasteiger partial charge >= 0.3 is 0 Å². The summed E-state index contributed by atoms with van der Waals surface area (Å²) in [6, 6.07) is 8.10. The fourth-order valence-electron chi connectivity index (χ4n) is 2.60. The molecule has 0 aliphatic rings. The van der Waals surface area contributed by atoms with E-state index in [0.29, 0.717) is 25.4 Å². The first kappa shape index (κ1) is 20.3. The Morgan fingerprint density at radius 3 is 2.74 bits per heavy atom. The Balaban J connectivity index is 2.27. The van der Waals surface area contributed by atoms with Crippen LogP contribution in [0, 0.1) is 10.1 Å². The molecule has 0 spiro atoms. The van der Waals surface area contributed by atoms with E-state index in [0.717, 1.165) is 5.56 Å². The van der Waals surface area contributed by atoms with Crippen molar-refractivity contribution in [2.45, 2.75) is 26.4 Å². The Bertz CT molecular complexity index is 781. The van der Waals surface area contributed by atoms with Crippen molar-refractivity contribution >= 4 is 17.3 Å².